The SMILES string of the molecule is O=[C]CCCCCCNC1=CC=c2ccccc2=C2C=CC=CC12. The Bertz CT molecular complexity index is 782. The van der Waals surface area contributed by atoms with Crippen molar-refractivity contribution in [2.24, 2.45) is 5.92 Å². The Morgan fingerprint density at radius 3 is 2.79 bits per heavy atom. The number of unbranched alkanes of at least 4 members (excludes halogenated alkanes) is 4. The van der Waals surface area contributed by atoms with E-state index in [1.54, 1.807) is 0 Å². The van der Waals surface area contributed by atoms with E-state index in [1.165, 1.54) is 21.7 Å². The van der Waals surface area contributed by atoms with E-state index in [4.69, 9.17) is 0 Å². The Morgan fingerprint density at radius 1 is 1.00 bits per heavy atom. The van der Waals surface area contributed by atoms with Gasteiger partial charge in [-0.2, -0.15) is 0 Å². The van der Waals surface area contributed by atoms with Crippen LogP contribution in [0, 0.1) is 5.92 Å². The molecule has 0 aromatic heterocycles. The number of carbonyl (C=O) groups excluding carboxylic acids is 1. The second kappa shape index (κ2) is 8.49. The first-order chi connectivity index (χ1) is 11.9. The first-order valence-electron chi connectivity index (χ1n) is 8.85. The topological polar surface area (TPSA) is 29.1 Å². The number of hydrogen-bond donors (Lipinski definition) is 1. The number of nitrogens with one attached hydrogen (secondary N) is 1. The molecule has 0 spiro atoms. The summed E-state index contributed by atoms with van der Waals surface area (Å²) in [5.41, 5.74) is 2.63. The summed E-state index contributed by atoms with van der Waals surface area (Å²) in [7, 11) is 0. The van der Waals surface area contributed by atoms with E-state index in [9.17, 15) is 4.79 Å². The maximum atomic E-state index is 10.2. The molecule has 1 unspecified atom stereocenters. The van der Waals surface area contributed by atoms with Crippen LogP contribution in [-0.4, -0.2) is 12.8 Å². The average Bonchev–Trinajstić information content (AvgIpc) is 2.79. The van der Waals surface area contributed by atoms with Crippen LogP contribution < -0.4 is 15.8 Å². The molecule has 1 N–H and O–H groups in total. The van der Waals surface area contributed by atoms with Crippen LogP contribution in [0.4, 0.5) is 0 Å². The van der Waals surface area contributed by atoms with Gasteiger partial charge in [0, 0.05) is 24.6 Å². The normalized spacial score (nSPS) is 18.1. The molecule has 0 fully saturated rings. The Hall–Kier alpha value is -2.35. The fourth-order valence-corrected chi connectivity index (χ4v) is 3.34. The van der Waals surface area contributed by atoms with Gasteiger partial charge >= 0.3 is 0 Å². The van der Waals surface area contributed by atoms with E-state index in [1.807, 2.05) is 6.29 Å². The van der Waals surface area contributed by atoms with Crippen LogP contribution in [0.25, 0.3) is 11.6 Å². The van der Waals surface area contributed by atoms with Gasteiger partial charge in [0.2, 0.25) is 0 Å². The number of hydrogen-bond acceptors (Lipinski definition) is 2. The van der Waals surface area contributed by atoms with Crippen LogP contribution in [-0.2, 0) is 4.79 Å². The Balaban J connectivity index is 1.68. The maximum Gasteiger partial charge on any atom is 0.198 e. The molecule has 1 aromatic carbocycles. The molecular formula is C22H24NO. The maximum absolute atomic E-state index is 10.2. The first kappa shape index (κ1) is 16.5. The van der Waals surface area contributed by atoms with Crippen molar-refractivity contribution >= 4 is 17.9 Å². The van der Waals surface area contributed by atoms with E-state index >= 15 is 0 Å². The van der Waals surface area contributed by atoms with Crippen molar-refractivity contribution in [1.29, 1.82) is 0 Å². The average molecular weight is 318 g/mol. The zero-order valence-electron chi connectivity index (χ0n) is 14.0. The van der Waals surface area contributed by atoms with Crippen LogP contribution in [0.5, 0.6) is 0 Å². The second-order valence-corrected chi connectivity index (χ2v) is 6.29. The summed E-state index contributed by atoms with van der Waals surface area (Å²) in [5, 5.41) is 6.23. The molecule has 0 amide bonds. The van der Waals surface area contributed by atoms with E-state index in [-0.39, 0.29) is 0 Å². The molecule has 24 heavy (non-hydrogen) atoms. The molecule has 1 atom stereocenters. The third-order valence-corrected chi connectivity index (χ3v) is 4.61. The molecule has 3 rings (SSSR count). The highest BCUT2D eigenvalue weighted by Crippen LogP contribution is 2.25. The van der Waals surface area contributed by atoms with Crippen molar-refractivity contribution in [3.05, 3.63) is 70.8 Å². The lowest BCUT2D eigenvalue weighted by Crippen LogP contribution is -2.29. The quantitative estimate of drug-likeness (QED) is 0.747. The number of rotatable bonds is 8. The molecule has 0 saturated heterocycles. The first-order valence-corrected chi connectivity index (χ1v) is 8.85. The zero-order chi connectivity index (χ0) is 16.6. The van der Waals surface area contributed by atoms with E-state index in [0.717, 1.165) is 32.2 Å². The van der Waals surface area contributed by atoms with Gasteiger partial charge in [-0.25, -0.2) is 0 Å². The zero-order valence-corrected chi connectivity index (χ0v) is 14.0. The molecule has 123 valence electrons. The molecule has 2 aliphatic carbocycles. The van der Waals surface area contributed by atoms with Crippen molar-refractivity contribution in [2.45, 2.75) is 32.1 Å². The molecule has 0 saturated carbocycles. The van der Waals surface area contributed by atoms with Crippen LogP contribution in [0.3, 0.4) is 0 Å². The lowest BCUT2D eigenvalue weighted by atomic mass is 9.90. The molecule has 2 aliphatic rings. The lowest BCUT2D eigenvalue weighted by Gasteiger charge is -2.21. The van der Waals surface area contributed by atoms with Gasteiger partial charge in [0.25, 0.3) is 0 Å². The highest BCUT2D eigenvalue weighted by molar-refractivity contribution is 5.69. The van der Waals surface area contributed by atoms with Crippen molar-refractivity contribution in [1.82, 2.24) is 5.32 Å². The minimum absolute atomic E-state index is 0.305. The molecule has 2 heteroatoms. The van der Waals surface area contributed by atoms with Crippen molar-refractivity contribution in [2.75, 3.05) is 6.54 Å². The second-order valence-electron chi connectivity index (χ2n) is 6.29. The minimum Gasteiger partial charge on any atom is -0.388 e. The van der Waals surface area contributed by atoms with Gasteiger partial charge in [-0.15, -0.1) is 0 Å². The van der Waals surface area contributed by atoms with E-state index in [0.29, 0.717) is 12.3 Å². The fraction of sp³-hybridized carbons (Fsp3) is 0.318. The monoisotopic (exact) mass is 318 g/mol. The Morgan fingerprint density at radius 2 is 1.88 bits per heavy atom. The fourth-order valence-electron chi connectivity index (χ4n) is 3.34. The van der Waals surface area contributed by atoms with Crippen molar-refractivity contribution in [3.8, 4) is 0 Å². The summed E-state index contributed by atoms with van der Waals surface area (Å²) < 4.78 is 0. The standard InChI is InChI=1S/C22H24NO/c24-17-9-3-1-2-8-16-23-22-15-14-18-10-4-5-11-19(18)20-12-6-7-13-21(20)22/h4-7,10-15,21,23H,1-3,8-9,16H2. The molecule has 0 bridgehead atoms. The molecule has 2 nitrogen and oxygen atoms in total. The summed E-state index contributed by atoms with van der Waals surface area (Å²) >= 11 is 0. The third kappa shape index (κ3) is 3.94. The van der Waals surface area contributed by atoms with Crippen LogP contribution in [0.15, 0.2) is 60.3 Å². The van der Waals surface area contributed by atoms with Gasteiger partial charge in [0.15, 0.2) is 6.29 Å². The van der Waals surface area contributed by atoms with Crippen LogP contribution in [0.2, 0.25) is 0 Å². The van der Waals surface area contributed by atoms with Crippen molar-refractivity contribution in [3.63, 3.8) is 0 Å². The van der Waals surface area contributed by atoms with Gasteiger partial charge in [0.05, 0.1) is 0 Å². The summed E-state index contributed by atoms with van der Waals surface area (Å²) in [4.78, 5) is 10.2. The number of fused-ring (bicyclic) bond motifs is 2. The Kier molecular flexibility index (Phi) is 5.84. The molecule has 1 radical (unpaired) electrons. The highest BCUT2D eigenvalue weighted by Gasteiger charge is 2.18. The molecular weight excluding hydrogens is 294 g/mol. The third-order valence-electron chi connectivity index (χ3n) is 4.61. The van der Waals surface area contributed by atoms with Crippen LogP contribution in [0.1, 0.15) is 32.1 Å². The van der Waals surface area contributed by atoms with Gasteiger partial charge < -0.3 is 5.32 Å². The van der Waals surface area contributed by atoms with E-state index in [2.05, 4.69) is 66.0 Å². The smallest absolute Gasteiger partial charge is 0.198 e. The summed E-state index contributed by atoms with van der Waals surface area (Å²) in [6.45, 7) is 0.974. The predicted octanol–water partition coefficient (Wildman–Crippen LogP) is 2.91. The van der Waals surface area contributed by atoms with Gasteiger partial charge in [0.1, 0.15) is 0 Å². The molecule has 0 heterocycles. The lowest BCUT2D eigenvalue weighted by molar-refractivity contribution is 0.542. The molecule has 1 aromatic rings. The Labute approximate surface area is 144 Å². The highest BCUT2D eigenvalue weighted by atomic mass is 16.1. The van der Waals surface area contributed by atoms with E-state index < -0.39 is 0 Å². The summed E-state index contributed by atoms with van der Waals surface area (Å²) in [5.74, 6) is 0.305. The van der Waals surface area contributed by atoms with Gasteiger partial charge in [-0.05, 0) is 34.9 Å². The largest absolute Gasteiger partial charge is 0.388 e. The van der Waals surface area contributed by atoms with Crippen molar-refractivity contribution < 1.29 is 4.79 Å². The number of benzene rings is 1. The van der Waals surface area contributed by atoms with Gasteiger partial charge in [-0.1, -0.05) is 67.5 Å². The summed E-state index contributed by atoms with van der Waals surface area (Å²) in [6, 6.07) is 8.59. The summed E-state index contributed by atoms with van der Waals surface area (Å²) in [6.07, 6.45) is 20.1. The molecule has 0 aliphatic heterocycles. The minimum atomic E-state index is 0.305. The van der Waals surface area contributed by atoms with Gasteiger partial charge in [-0.3, -0.25) is 4.79 Å². The number of allylic oxidation sites excluding steroid dienone is 5. The predicted molar refractivity (Wildman–Crippen MR) is 100 cm³/mol. The van der Waals surface area contributed by atoms with Crippen LogP contribution >= 0.6 is 0 Å².